The molecule has 2 fully saturated rings. The van der Waals surface area contributed by atoms with Crippen LogP contribution in [0.15, 0.2) is 48.8 Å². The van der Waals surface area contributed by atoms with Gasteiger partial charge in [-0.1, -0.05) is 18.2 Å². The molecule has 4 atom stereocenters. The van der Waals surface area contributed by atoms with E-state index in [9.17, 15) is 4.79 Å². The molecule has 2 aromatic rings. The number of rotatable bonds is 5. The second kappa shape index (κ2) is 6.84. The molecule has 0 unspecified atom stereocenters. The van der Waals surface area contributed by atoms with Crippen molar-refractivity contribution in [2.75, 3.05) is 7.11 Å². The molecular weight excluding hydrogens is 316 g/mol. The summed E-state index contributed by atoms with van der Waals surface area (Å²) in [6.45, 7) is 0. The van der Waals surface area contributed by atoms with Gasteiger partial charge in [0, 0.05) is 12.4 Å². The van der Waals surface area contributed by atoms with Crippen LogP contribution in [-0.2, 0) is 9.53 Å². The highest BCUT2D eigenvalue weighted by Gasteiger charge is 2.44. The molecule has 2 aliphatic heterocycles. The number of ether oxygens (including phenoxy) is 2. The maximum absolute atomic E-state index is 12.9. The Kier molecular flexibility index (Phi) is 4.40. The average molecular weight is 338 g/mol. The molecule has 0 radical (unpaired) electrons. The summed E-state index contributed by atoms with van der Waals surface area (Å²) in [6, 6.07) is 11.4. The first kappa shape index (κ1) is 16.1. The number of carbonyl (C=O) groups excluding carboxylic acids is 1. The van der Waals surface area contributed by atoms with E-state index in [2.05, 4.69) is 10.3 Å². The van der Waals surface area contributed by atoms with E-state index >= 15 is 0 Å². The lowest BCUT2D eigenvalue weighted by molar-refractivity contribution is -0.127. The largest absolute Gasteiger partial charge is 0.497 e. The number of nitrogens with one attached hydrogen (secondary N) is 1. The summed E-state index contributed by atoms with van der Waals surface area (Å²) in [5, 5.41) is 3.21. The van der Waals surface area contributed by atoms with Crippen molar-refractivity contribution in [1.82, 2.24) is 10.3 Å². The molecule has 1 aromatic heterocycles. The molecule has 3 heterocycles. The molecule has 0 saturated carbocycles. The van der Waals surface area contributed by atoms with E-state index in [0.717, 1.165) is 36.1 Å². The average Bonchev–Trinajstić information content (AvgIpc) is 3.30. The van der Waals surface area contributed by atoms with Crippen LogP contribution in [-0.4, -0.2) is 30.2 Å². The zero-order valence-corrected chi connectivity index (χ0v) is 14.2. The molecule has 130 valence electrons. The fraction of sp³-hybridized carbons (Fsp3) is 0.400. The first-order valence-corrected chi connectivity index (χ1v) is 8.74. The van der Waals surface area contributed by atoms with Crippen molar-refractivity contribution in [3.8, 4) is 5.75 Å². The predicted octanol–water partition coefficient (Wildman–Crippen LogP) is 2.86. The van der Waals surface area contributed by atoms with Gasteiger partial charge in [-0.3, -0.25) is 9.78 Å². The normalized spacial score (nSPS) is 25.6. The molecule has 5 heteroatoms. The van der Waals surface area contributed by atoms with Gasteiger partial charge < -0.3 is 14.8 Å². The van der Waals surface area contributed by atoms with Crippen LogP contribution in [0.5, 0.6) is 5.75 Å². The van der Waals surface area contributed by atoms with E-state index in [4.69, 9.17) is 9.47 Å². The molecule has 25 heavy (non-hydrogen) atoms. The number of benzene rings is 1. The fourth-order valence-corrected chi connectivity index (χ4v) is 3.89. The summed E-state index contributed by atoms with van der Waals surface area (Å²) in [4.78, 5) is 17.1. The summed E-state index contributed by atoms with van der Waals surface area (Å²) in [6.07, 6.45) is 6.75. The number of hydrogen-bond acceptors (Lipinski definition) is 4. The van der Waals surface area contributed by atoms with Gasteiger partial charge in [0.2, 0.25) is 5.91 Å². The lowest BCUT2D eigenvalue weighted by atomic mass is 9.88. The summed E-state index contributed by atoms with van der Waals surface area (Å²) in [5.41, 5.74) is 1.93. The Morgan fingerprint density at radius 3 is 2.84 bits per heavy atom. The topological polar surface area (TPSA) is 60.5 Å². The standard InChI is InChI=1S/C20H22N2O3/c1-24-15-6-2-4-13(10-15)19(14-5-3-9-21-12-14)22-20(23)17-11-16-7-8-18(17)25-16/h2-6,9-10,12,16-19H,7-8,11H2,1H3,(H,22,23)/t16-,17+,18-,19+/m1/s1. The van der Waals surface area contributed by atoms with Gasteiger partial charge in [0.15, 0.2) is 0 Å². The van der Waals surface area contributed by atoms with Gasteiger partial charge in [-0.25, -0.2) is 0 Å². The van der Waals surface area contributed by atoms with Crippen molar-refractivity contribution < 1.29 is 14.3 Å². The number of nitrogens with zero attached hydrogens (tertiary/aromatic N) is 1. The van der Waals surface area contributed by atoms with Crippen LogP contribution in [0, 0.1) is 5.92 Å². The van der Waals surface area contributed by atoms with E-state index in [1.807, 2.05) is 36.4 Å². The quantitative estimate of drug-likeness (QED) is 0.911. The number of amides is 1. The third-order valence-corrected chi connectivity index (χ3v) is 5.17. The van der Waals surface area contributed by atoms with Crippen molar-refractivity contribution >= 4 is 5.91 Å². The van der Waals surface area contributed by atoms with Crippen molar-refractivity contribution in [1.29, 1.82) is 0 Å². The van der Waals surface area contributed by atoms with E-state index in [0.29, 0.717) is 0 Å². The zero-order valence-electron chi connectivity index (χ0n) is 14.2. The van der Waals surface area contributed by atoms with Crippen molar-refractivity contribution in [2.24, 2.45) is 5.92 Å². The van der Waals surface area contributed by atoms with Crippen molar-refractivity contribution in [2.45, 2.75) is 37.5 Å². The first-order valence-electron chi connectivity index (χ1n) is 8.74. The second-order valence-corrected chi connectivity index (χ2v) is 6.72. The molecule has 2 aliphatic rings. The second-order valence-electron chi connectivity index (χ2n) is 6.72. The fourth-order valence-electron chi connectivity index (χ4n) is 3.89. The van der Waals surface area contributed by atoms with Gasteiger partial charge in [0.05, 0.1) is 31.3 Å². The lowest BCUT2D eigenvalue weighted by Gasteiger charge is -2.24. The van der Waals surface area contributed by atoms with Gasteiger partial charge >= 0.3 is 0 Å². The Morgan fingerprint density at radius 2 is 2.16 bits per heavy atom. The Labute approximate surface area is 147 Å². The molecule has 2 bridgehead atoms. The van der Waals surface area contributed by atoms with Gasteiger partial charge in [-0.2, -0.15) is 0 Å². The SMILES string of the molecule is COc1cccc([C@H](NC(=O)[C@H]2C[C@H]3CC[C@H]2O3)c2cccnc2)c1. The smallest absolute Gasteiger partial charge is 0.226 e. The van der Waals surface area contributed by atoms with Crippen LogP contribution in [0.2, 0.25) is 0 Å². The first-order chi connectivity index (χ1) is 12.2. The summed E-state index contributed by atoms with van der Waals surface area (Å²) in [5.74, 6) is 0.774. The minimum atomic E-state index is -0.254. The molecular formula is C20H22N2O3. The minimum Gasteiger partial charge on any atom is -0.497 e. The third kappa shape index (κ3) is 3.24. The Balaban J connectivity index is 1.60. The monoisotopic (exact) mass is 338 g/mol. The molecule has 0 aliphatic carbocycles. The Hall–Kier alpha value is -2.40. The van der Waals surface area contributed by atoms with E-state index in [-0.39, 0.29) is 30.1 Å². The number of fused-ring (bicyclic) bond motifs is 2. The van der Waals surface area contributed by atoms with Crippen molar-refractivity contribution in [3.05, 3.63) is 59.9 Å². The van der Waals surface area contributed by atoms with Crippen LogP contribution in [0.4, 0.5) is 0 Å². The van der Waals surface area contributed by atoms with Crippen LogP contribution >= 0.6 is 0 Å². The molecule has 2 saturated heterocycles. The number of pyridine rings is 1. The van der Waals surface area contributed by atoms with E-state index < -0.39 is 0 Å². The van der Waals surface area contributed by atoms with Gasteiger partial charge in [-0.05, 0) is 48.6 Å². The summed E-state index contributed by atoms with van der Waals surface area (Å²) < 4.78 is 11.2. The highest BCUT2D eigenvalue weighted by molar-refractivity contribution is 5.80. The number of hydrogen-bond donors (Lipinski definition) is 1. The Morgan fingerprint density at radius 1 is 1.28 bits per heavy atom. The van der Waals surface area contributed by atoms with E-state index in [1.165, 1.54) is 0 Å². The molecule has 1 aromatic carbocycles. The van der Waals surface area contributed by atoms with Crippen LogP contribution in [0.1, 0.15) is 36.4 Å². The lowest BCUT2D eigenvalue weighted by Crippen LogP contribution is -2.38. The molecule has 4 rings (SSSR count). The van der Waals surface area contributed by atoms with Crippen LogP contribution in [0.25, 0.3) is 0 Å². The zero-order chi connectivity index (χ0) is 17.2. The molecule has 1 amide bonds. The number of aromatic nitrogens is 1. The minimum absolute atomic E-state index is 0.0523. The molecule has 0 spiro atoms. The van der Waals surface area contributed by atoms with Crippen molar-refractivity contribution in [3.63, 3.8) is 0 Å². The van der Waals surface area contributed by atoms with Gasteiger partial charge in [0.25, 0.3) is 0 Å². The number of methoxy groups -OCH3 is 1. The molecule has 5 nitrogen and oxygen atoms in total. The van der Waals surface area contributed by atoms with Crippen LogP contribution < -0.4 is 10.1 Å². The maximum atomic E-state index is 12.9. The van der Waals surface area contributed by atoms with Gasteiger partial charge in [-0.15, -0.1) is 0 Å². The summed E-state index contributed by atoms with van der Waals surface area (Å²) in [7, 11) is 1.64. The number of carbonyl (C=O) groups is 1. The Bertz CT molecular complexity index is 750. The predicted molar refractivity (Wildman–Crippen MR) is 93.2 cm³/mol. The maximum Gasteiger partial charge on any atom is 0.226 e. The highest BCUT2D eigenvalue weighted by Crippen LogP contribution is 2.39. The highest BCUT2D eigenvalue weighted by atomic mass is 16.5. The third-order valence-electron chi connectivity index (χ3n) is 5.17. The van der Waals surface area contributed by atoms with E-state index in [1.54, 1.807) is 19.5 Å². The summed E-state index contributed by atoms with van der Waals surface area (Å²) >= 11 is 0. The van der Waals surface area contributed by atoms with Gasteiger partial charge in [0.1, 0.15) is 5.75 Å². The molecule has 1 N–H and O–H groups in total. The van der Waals surface area contributed by atoms with Crippen LogP contribution in [0.3, 0.4) is 0 Å².